The third-order valence-electron chi connectivity index (χ3n) is 3.87. The molecule has 0 radical (unpaired) electrons. The Bertz CT molecular complexity index is 406. The average Bonchev–Trinajstić information content (AvgIpc) is 3.12. The molecule has 0 aromatic carbocycles. The Labute approximate surface area is 108 Å². The van der Waals surface area contributed by atoms with E-state index in [4.69, 9.17) is 4.74 Å². The number of anilines is 1. The van der Waals surface area contributed by atoms with Crippen LogP contribution in [0.1, 0.15) is 24.8 Å². The van der Waals surface area contributed by atoms with E-state index in [1.54, 1.807) is 7.11 Å². The molecule has 1 aliphatic carbocycles. The van der Waals surface area contributed by atoms with Gasteiger partial charge in [0.1, 0.15) is 0 Å². The van der Waals surface area contributed by atoms with Crippen LogP contribution in [0.25, 0.3) is 0 Å². The number of methoxy groups -OCH3 is 1. The number of hydrogen-bond donors (Lipinski definition) is 1. The second-order valence-corrected chi connectivity index (χ2v) is 5.25. The lowest BCUT2D eigenvalue weighted by Crippen LogP contribution is -2.25. The Morgan fingerprint density at radius 1 is 1.44 bits per heavy atom. The van der Waals surface area contributed by atoms with E-state index >= 15 is 0 Å². The lowest BCUT2D eigenvalue weighted by atomic mass is 10.2. The van der Waals surface area contributed by atoms with Gasteiger partial charge in [-0.1, -0.05) is 0 Å². The maximum atomic E-state index is 5.43. The van der Waals surface area contributed by atoms with Crippen molar-refractivity contribution in [3.63, 3.8) is 0 Å². The zero-order chi connectivity index (χ0) is 12.4. The number of rotatable bonds is 5. The first kappa shape index (κ1) is 11.9. The molecule has 2 heterocycles. The van der Waals surface area contributed by atoms with Gasteiger partial charge in [0.15, 0.2) is 0 Å². The summed E-state index contributed by atoms with van der Waals surface area (Å²) in [5, 5.41) is 3.58. The lowest BCUT2D eigenvalue weighted by molar-refractivity contribution is 0.121. The summed E-state index contributed by atoms with van der Waals surface area (Å²) >= 11 is 0. The molecule has 1 aliphatic heterocycles. The normalized spacial score (nSPS) is 23.6. The lowest BCUT2D eigenvalue weighted by Gasteiger charge is -2.21. The number of aromatic nitrogens is 1. The standard InChI is InChI=1S/C14H21N3O/c1-18-13-5-7-17(10-13)14-9-15-6-4-11(14)8-16-12-2-3-12/h4,6,9,12-13,16H,2-3,5,7-8,10H2,1H3. The van der Waals surface area contributed by atoms with E-state index in [0.717, 1.165) is 32.1 Å². The molecular weight excluding hydrogens is 226 g/mol. The maximum Gasteiger partial charge on any atom is 0.0762 e. The minimum Gasteiger partial charge on any atom is -0.380 e. The fourth-order valence-corrected chi connectivity index (χ4v) is 2.53. The molecule has 4 heteroatoms. The smallest absolute Gasteiger partial charge is 0.0762 e. The van der Waals surface area contributed by atoms with Crippen LogP contribution in [-0.2, 0) is 11.3 Å². The van der Waals surface area contributed by atoms with E-state index in [2.05, 4.69) is 21.3 Å². The summed E-state index contributed by atoms with van der Waals surface area (Å²) < 4.78 is 5.43. The van der Waals surface area contributed by atoms with E-state index in [-0.39, 0.29) is 0 Å². The van der Waals surface area contributed by atoms with Gasteiger partial charge >= 0.3 is 0 Å². The number of ether oxygens (including phenoxy) is 1. The molecule has 3 rings (SSSR count). The van der Waals surface area contributed by atoms with Gasteiger partial charge in [0.2, 0.25) is 0 Å². The molecule has 0 bridgehead atoms. The zero-order valence-corrected chi connectivity index (χ0v) is 10.9. The van der Waals surface area contributed by atoms with Crippen molar-refractivity contribution in [3.05, 3.63) is 24.0 Å². The zero-order valence-electron chi connectivity index (χ0n) is 10.9. The second kappa shape index (κ2) is 5.24. The molecule has 1 unspecified atom stereocenters. The van der Waals surface area contributed by atoms with Crippen molar-refractivity contribution in [2.75, 3.05) is 25.1 Å². The fraction of sp³-hybridized carbons (Fsp3) is 0.643. The van der Waals surface area contributed by atoms with Gasteiger partial charge < -0.3 is 15.0 Å². The molecule has 1 aromatic heterocycles. The van der Waals surface area contributed by atoms with E-state index in [1.165, 1.54) is 24.1 Å². The summed E-state index contributed by atoms with van der Waals surface area (Å²) in [6, 6.07) is 2.88. The molecule has 2 aliphatic rings. The Hall–Kier alpha value is -1.13. The molecular formula is C14H21N3O. The van der Waals surface area contributed by atoms with Gasteiger partial charge in [-0.3, -0.25) is 4.98 Å². The molecule has 0 spiro atoms. The van der Waals surface area contributed by atoms with Gasteiger partial charge in [0.25, 0.3) is 0 Å². The highest BCUT2D eigenvalue weighted by Gasteiger charge is 2.25. The summed E-state index contributed by atoms with van der Waals surface area (Å²) in [5.41, 5.74) is 2.62. The second-order valence-electron chi connectivity index (χ2n) is 5.25. The molecule has 1 aromatic rings. The van der Waals surface area contributed by atoms with Crippen molar-refractivity contribution >= 4 is 5.69 Å². The molecule has 1 saturated heterocycles. The Balaban J connectivity index is 1.69. The van der Waals surface area contributed by atoms with E-state index in [9.17, 15) is 0 Å². The van der Waals surface area contributed by atoms with Crippen molar-refractivity contribution in [3.8, 4) is 0 Å². The average molecular weight is 247 g/mol. The molecule has 4 nitrogen and oxygen atoms in total. The predicted octanol–water partition coefficient (Wildman–Crippen LogP) is 1.56. The monoisotopic (exact) mass is 247 g/mol. The minimum absolute atomic E-state index is 0.370. The first-order valence-electron chi connectivity index (χ1n) is 6.81. The molecule has 1 saturated carbocycles. The van der Waals surface area contributed by atoms with Crippen LogP contribution in [-0.4, -0.2) is 37.3 Å². The number of hydrogen-bond acceptors (Lipinski definition) is 4. The highest BCUT2D eigenvalue weighted by atomic mass is 16.5. The van der Waals surface area contributed by atoms with Crippen LogP contribution in [0, 0.1) is 0 Å². The van der Waals surface area contributed by atoms with Gasteiger partial charge in [-0.25, -0.2) is 0 Å². The third-order valence-corrected chi connectivity index (χ3v) is 3.87. The largest absolute Gasteiger partial charge is 0.380 e. The minimum atomic E-state index is 0.370. The van der Waals surface area contributed by atoms with Crippen LogP contribution < -0.4 is 10.2 Å². The van der Waals surface area contributed by atoms with E-state index < -0.39 is 0 Å². The van der Waals surface area contributed by atoms with E-state index in [0.29, 0.717) is 6.10 Å². The quantitative estimate of drug-likeness (QED) is 0.857. The van der Waals surface area contributed by atoms with E-state index in [1.807, 2.05) is 12.4 Å². The fourth-order valence-electron chi connectivity index (χ4n) is 2.53. The summed E-state index contributed by atoms with van der Waals surface area (Å²) in [5.74, 6) is 0. The van der Waals surface area contributed by atoms with Gasteiger partial charge in [0, 0.05) is 39.0 Å². The van der Waals surface area contributed by atoms with Gasteiger partial charge in [-0.15, -0.1) is 0 Å². The third kappa shape index (κ3) is 2.65. The number of nitrogens with zero attached hydrogens (tertiary/aromatic N) is 2. The molecule has 2 fully saturated rings. The van der Waals surface area contributed by atoms with Crippen LogP contribution in [0.4, 0.5) is 5.69 Å². The Morgan fingerprint density at radius 2 is 2.33 bits per heavy atom. The van der Waals surface area contributed by atoms with Crippen molar-refractivity contribution in [1.82, 2.24) is 10.3 Å². The molecule has 1 atom stereocenters. The van der Waals surface area contributed by atoms with Crippen LogP contribution >= 0.6 is 0 Å². The van der Waals surface area contributed by atoms with Gasteiger partial charge in [-0.05, 0) is 30.9 Å². The molecule has 0 amide bonds. The SMILES string of the molecule is COC1CCN(c2cnccc2CNC2CC2)C1. The highest BCUT2D eigenvalue weighted by Crippen LogP contribution is 2.26. The molecule has 18 heavy (non-hydrogen) atoms. The highest BCUT2D eigenvalue weighted by molar-refractivity contribution is 5.52. The van der Waals surface area contributed by atoms with Crippen LogP contribution in [0.3, 0.4) is 0 Å². The topological polar surface area (TPSA) is 37.4 Å². The van der Waals surface area contributed by atoms with Crippen molar-refractivity contribution < 1.29 is 4.74 Å². The first-order chi connectivity index (χ1) is 8.86. The summed E-state index contributed by atoms with van der Waals surface area (Å²) in [6.07, 6.45) is 8.01. The predicted molar refractivity (Wildman–Crippen MR) is 71.7 cm³/mol. The first-order valence-corrected chi connectivity index (χ1v) is 6.81. The molecule has 1 N–H and O–H groups in total. The van der Waals surface area contributed by atoms with Crippen LogP contribution in [0.15, 0.2) is 18.5 Å². The summed E-state index contributed by atoms with van der Waals surface area (Å²) in [6.45, 7) is 3.01. The Kier molecular flexibility index (Phi) is 3.48. The van der Waals surface area contributed by atoms with Crippen molar-refractivity contribution in [2.45, 2.75) is 38.0 Å². The van der Waals surface area contributed by atoms with Crippen molar-refractivity contribution in [2.24, 2.45) is 0 Å². The van der Waals surface area contributed by atoms with Gasteiger partial charge in [0.05, 0.1) is 18.0 Å². The van der Waals surface area contributed by atoms with Crippen LogP contribution in [0.5, 0.6) is 0 Å². The van der Waals surface area contributed by atoms with Gasteiger partial charge in [-0.2, -0.15) is 0 Å². The number of pyridine rings is 1. The Morgan fingerprint density at radius 3 is 3.06 bits per heavy atom. The maximum absolute atomic E-state index is 5.43. The van der Waals surface area contributed by atoms with Crippen molar-refractivity contribution in [1.29, 1.82) is 0 Å². The van der Waals surface area contributed by atoms with Crippen LogP contribution in [0.2, 0.25) is 0 Å². The number of nitrogens with one attached hydrogen (secondary N) is 1. The summed E-state index contributed by atoms with van der Waals surface area (Å²) in [4.78, 5) is 6.67. The summed E-state index contributed by atoms with van der Waals surface area (Å²) in [7, 11) is 1.80. The molecule has 98 valence electrons.